The first-order valence-electron chi connectivity index (χ1n) is 9.00. The molecule has 2 aliphatic rings. The highest BCUT2D eigenvalue weighted by Gasteiger charge is 2.44. The number of hydrogen-bond donors (Lipinski definition) is 0. The zero-order valence-electron chi connectivity index (χ0n) is 14.9. The van der Waals surface area contributed by atoms with Crippen molar-refractivity contribution < 1.29 is 13.2 Å². The molecule has 0 unspecified atom stereocenters. The summed E-state index contributed by atoms with van der Waals surface area (Å²) in [5.41, 5.74) is 2.30. The van der Waals surface area contributed by atoms with E-state index < -0.39 is 10.0 Å². The molecule has 2 aliphatic heterocycles. The molecule has 5 nitrogen and oxygen atoms in total. The Morgan fingerprint density at radius 1 is 1.04 bits per heavy atom. The fraction of sp³-hybridized carbons (Fsp3) is 0.400. The van der Waals surface area contributed by atoms with E-state index in [0.29, 0.717) is 24.6 Å². The van der Waals surface area contributed by atoms with E-state index in [0.717, 1.165) is 18.7 Å². The molecule has 0 aromatic heterocycles. The average Bonchev–Trinajstić information content (AvgIpc) is 3.09. The zero-order chi connectivity index (χ0) is 18.1. The SMILES string of the molecule is Cc1ccc(S(=O)(=O)N2C[C@@H]3OCCN(Cc4ccccc4)[C@@H]3C2)cc1. The van der Waals surface area contributed by atoms with Crippen molar-refractivity contribution in [3.63, 3.8) is 0 Å². The van der Waals surface area contributed by atoms with Gasteiger partial charge in [0.1, 0.15) is 0 Å². The molecule has 2 fully saturated rings. The molecular weight excluding hydrogens is 348 g/mol. The van der Waals surface area contributed by atoms with Gasteiger partial charge in [-0.2, -0.15) is 4.31 Å². The number of nitrogens with zero attached hydrogens (tertiary/aromatic N) is 2. The van der Waals surface area contributed by atoms with Crippen LogP contribution in [0.5, 0.6) is 0 Å². The molecule has 0 spiro atoms. The van der Waals surface area contributed by atoms with Gasteiger partial charge in [0.2, 0.25) is 10.0 Å². The van der Waals surface area contributed by atoms with E-state index >= 15 is 0 Å². The minimum atomic E-state index is -3.48. The van der Waals surface area contributed by atoms with E-state index in [1.807, 2.05) is 37.3 Å². The molecule has 0 N–H and O–H groups in total. The summed E-state index contributed by atoms with van der Waals surface area (Å²) in [5, 5.41) is 0. The topological polar surface area (TPSA) is 49.9 Å². The lowest BCUT2D eigenvalue weighted by molar-refractivity contribution is -0.0502. The van der Waals surface area contributed by atoms with Crippen molar-refractivity contribution in [2.75, 3.05) is 26.2 Å². The maximum absolute atomic E-state index is 13.0. The van der Waals surface area contributed by atoms with E-state index in [2.05, 4.69) is 17.0 Å². The summed E-state index contributed by atoms with van der Waals surface area (Å²) in [6, 6.07) is 17.5. The first-order chi connectivity index (χ1) is 12.5. The third-order valence-electron chi connectivity index (χ3n) is 5.27. The van der Waals surface area contributed by atoms with Gasteiger partial charge in [-0.05, 0) is 24.6 Å². The summed E-state index contributed by atoms with van der Waals surface area (Å²) in [7, 11) is -3.48. The molecule has 26 heavy (non-hydrogen) atoms. The number of benzene rings is 2. The Kier molecular flexibility index (Phi) is 4.84. The number of ether oxygens (including phenoxy) is 1. The van der Waals surface area contributed by atoms with Crippen LogP contribution in [-0.4, -0.2) is 56.0 Å². The molecule has 2 heterocycles. The van der Waals surface area contributed by atoms with E-state index in [1.54, 1.807) is 16.4 Å². The fourth-order valence-electron chi connectivity index (χ4n) is 3.79. The molecule has 0 amide bonds. The van der Waals surface area contributed by atoms with Crippen LogP contribution in [0.2, 0.25) is 0 Å². The molecular formula is C20H24N2O3S. The normalized spacial score (nSPS) is 24.5. The third kappa shape index (κ3) is 3.42. The van der Waals surface area contributed by atoms with Crippen molar-refractivity contribution in [2.45, 2.75) is 30.5 Å². The molecule has 0 aliphatic carbocycles. The molecule has 2 aromatic rings. The van der Waals surface area contributed by atoms with E-state index in [-0.39, 0.29) is 12.1 Å². The van der Waals surface area contributed by atoms with Crippen molar-refractivity contribution in [1.29, 1.82) is 0 Å². The van der Waals surface area contributed by atoms with Crippen LogP contribution in [0.1, 0.15) is 11.1 Å². The summed E-state index contributed by atoms with van der Waals surface area (Å²) < 4.78 is 33.5. The Balaban J connectivity index is 1.52. The summed E-state index contributed by atoms with van der Waals surface area (Å²) >= 11 is 0. The highest BCUT2D eigenvalue weighted by molar-refractivity contribution is 7.89. The van der Waals surface area contributed by atoms with Gasteiger partial charge in [-0.1, -0.05) is 48.0 Å². The van der Waals surface area contributed by atoms with Crippen molar-refractivity contribution in [1.82, 2.24) is 9.21 Å². The molecule has 2 aromatic carbocycles. The summed E-state index contributed by atoms with van der Waals surface area (Å²) in [6.07, 6.45) is -0.0623. The number of rotatable bonds is 4. The van der Waals surface area contributed by atoms with Gasteiger partial charge in [0, 0.05) is 26.2 Å². The standard InChI is InChI=1S/C20H24N2O3S/c1-16-7-9-18(10-8-16)26(23,24)22-14-19-20(15-22)25-12-11-21(19)13-17-5-3-2-4-6-17/h2-10,19-20H,11-15H2,1H3/t19-,20+/m1/s1. The highest BCUT2D eigenvalue weighted by atomic mass is 32.2. The first kappa shape index (κ1) is 17.7. The minimum Gasteiger partial charge on any atom is -0.374 e. The molecule has 0 radical (unpaired) electrons. The van der Waals surface area contributed by atoms with Crippen molar-refractivity contribution >= 4 is 10.0 Å². The van der Waals surface area contributed by atoms with Crippen molar-refractivity contribution in [3.05, 3.63) is 65.7 Å². The quantitative estimate of drug-likeness (QED) is 0.826. The van der Waals surface area contributed by atoms with Crippen LogP contribution in [0, 0.1) is 6.92 Å². The number of hydrogen-bond acceptors (Lipinski definition) is 4. The van der Waals surface area contributed by atoms with Crippen molar-refractivity contribution in [3.8, 4) is 0 Å². The predicted molar refractivity (Wildman–Crippen MR) is 100 cm³/mol. The average molecular weight is 372 g/mol. The third-order valence-corrected chi connectivity index (χ3v) is 7.12. The second-order valence-electron chi connectivity index (χ2n) is 7.07. The lowest BCUT2D eigenvalue weighted by atomic mass is 10.1. The number of aryl methyl sites for hydroxylation is 1. The lowest BCUT2D eigenvalue weighted by Gasteiger charge is -2.36. The summed E-state index contributed by atoms with van der Waals surface area (Å²) in [6.45, 7) is 5.15. The zero-order valence-corrected chi connectivity index (χ0v) is 15.7. The van der Waals surface area contributed by atoms with Gasteiger partial charge in [0.05, 0.1) is 23.6 Å². The molecule has 2 saturated heterocycles. The Hall–Kier alpha value is -1.73. The number of morpholine rings is 1. The first-order valence-corrected chi connectivity index (χ1v) is 10.4. The largest absolute Gasteiger partial charge is 0.374 e. The van der Waals surface area contributed by atoms with Gasteiger partial charge in [-0.25, -0.2) is 8.42 Å². The van der Waals surface area contributed by atoms with Gasteiger partial charge < -0.3 is 4.74 Å². The van der Waals surface area contributed by atoms with Crippen LogP contribution in [0.3, 0.4) is 0 Å². The Morgan fingerprint density at radius 2 is 1.77 bits per heavy atom. The van der Waals surface area contributed by atoms with Gasteiger partial charge in [0.25, 0.3) is 0 Å². The maximum Gasteiger partial charge on any atom is 0.243 e. The monoisotopic (exact) mass is 372 g/mol. The van der Waals surface area contributed by atoms with Crippen LogP contribution < -0.4 is 0 Å². The Labute approximate surface area is 155 Å². The van der Waals surface area contributed by atoms with Crippen LogP contribution in [0.4, 0.5) is 0 Å². The molecule has 4 rings (SSSR count). The van der Waals surface area contributed by atoms with Crippen LogP contribution in [-0.2, 0) is 21.3 Å². The molecule has 138 valence electrons. The minimum absolute atomic E-state index is 0.0623. The van der Waals surface area contributed by atoms with Crippen LogP contribution >= 0.6 is 0 Å². The predicted octanol–water partition coefficient (Wildman–Crippen LogP) is 2.27. The van der Waals surface area contributed by atoms with Crippen LogP contribution in [0.15, 0.2) is 59.5 Å². The van der Waals surface area contributed by atoms with Gasteiger partial charge in [-0.15, -0.1) is 0 Å². The molecule has 2 atom stereocenters. The number of sulfonamides is 1. The van der Waals surface area contributed by atoms with E-state index in [1.165, 1.54) is 5.56 Å². The molecule has 0 bridgehead atoms. The summed E-state index contributed by atoms with van der Waals surface area (Å²) in [4.78, 5) is 2.71. The van der Waals surface area contributed by atoms with Crippen LogP contribution in [0.25, 0.3) is 0 Å². The molecule has 0 saturated carbocycles. The van der Waals surface area contributed by atoms with E-state index in [4.69, 9.17) is 4.74 Å². The second kappa shape index (κ2) is 7.12. The van der Waals surface area contributed by atoms with Gasteiger partial charge in [0.15, 0.2) is 0 Å². The number of fused-ring (bicyclic) bond motifs is 1. The van der Waals surface area contributed by atoms with Gasteiger partial charge in [-0.3, -0.25) is 4.90 Å². The Morgan fingerprint density at radius 3 is 2.50 bits per heavy atom. The second-order valence-corrected chi connectivity index (χ2v) is 9.01. The highest BCUT2D eigenvalue weighted by Crippen LogP contribution is 2.29. The Bertz CT molecular complexity index is 852. The van der Waals surface area contributed by atoms with Crippen molar-refractivity contribution in [2.24, 2.45) is 0 Å². The maximum atomic E-state index is 13.0. The smallest absolute Gasteiger partial charge is 0.243 e. The summed E-state index contributed by atoms with van der Waals surface area (Å²) in [5.74, 6) is 0. The fourth-order valence-corrected chi connectivity index (χ4v) is 5.26. The molecule has 6 heteroatoms. The van der Waals surface area contributed by atoms with Gasteiger partial charge >= 0.3 is 0 Å². The van der Waals surface area contributed by atoms with E-state index in [9.17, 15) is 8.42 Å². The lowest BCUT2D eigenvalue weighted by Crippen LogP contribution is -2.50.